The molecule has 3 atom stereocenters. The lowest BCUT2D eigenvalue weighted by Gasteiger charge is -2.23. The maximum Gasteiger partial charge on any atom is 0.241 e. The molecule has 0 aromatic heterocycles. The van der Waals surface area contributed by atoms with Gasteiger partial charge in [0.25, 0.3) is 0 Å². The molecule has 1 heterocycles. The zero-order chi connectivity index (χ0) is 19.6. The van der Waals surface area contributed by atoms with E-state index in [4.69, 9.17) is 10.9 Å². The van der Waals surface area contributed by atoms with Crippen molar-refractivity contribution in [2.45, 2.75) is 29.8 Å². The van der Waals surface area contributed by atoms with E-state index >= 15 is 0 Å². The third kappa shape index (κ3) is 4.54. The normalized spacial score (nSPS) is 21.7. The van der Waals surface area contributed by atoms with Crippen LogP contribution in [0.25, 0.3) is 0 Å². The average Bonchev–Trinajstić information content (AvgIpc) is 3.03. The highest BCUT2D eigenvalue weighted by atomic mass is 32.2. The van der Waals surface area contributed by atoms with E-state index < -0.39 is 16.1 Å². The second-order valence-corrected chi connectivity index (χ2v) is 8.43. The fourth-order valence-corrected chi connectivity index (χ4v) is 3.95. The Morgan fingerprint density at radius 3 is 2.52 bits per heavy atom. The molecule has 0 bridgehead atoms. The number of likely N-dealkylation sites (tertiary alicyclic amines) is 1. The Hall–Kier alpha value is -2.26. The van der Waals surface area contributed by atoms with Gasteiger partial charge < -0.3 is 11.1 Å². The molecule has 8 heteroatoms. The molecular weight excluding hydrogens is 364 g/mol. The van der Waals surface area contributed by atoms with Gasteiger partial charge in [-0.15, -0.1) is 0 Å². The van der Waals surface area contributed by atoms with Crippen molar-refractivity contribution < 1.29 is 13.2 Å². The Morgan fingerprint density at radius 2 is 1.85 bits per heavy atom. The van der Waals surface area contributed by atoms with E-state index in [1.54, 1.807) is 6.07 Å². The molecule has 0 aliphatic carbocycles. The molecule has 1 amide bonds. The molecule has 7 nitrogen and oxygen atoms in total. The van der Waals surface area contributed by atoms with Crippen LogP contribution in [0, 0.1) is 0 Å². The predicted octanol–water partition coefficient (Wildman–Crippen LogP) is 1.09. The molecule has 0 radical (unpaired) electrons. The number of nitrogens with two attached hydrogens (primary N) is 2. The topological polar surface area (TPSA) is 119 Å². The molecule has 1 unspecified atom stereocenters. The summed E-state index contributed by atoms with van der Waals surface area (Å²) in [5, 5.41) is 7.90. The number of nitrogens with one attached hydrogen (secondary N) is 1. The van der Waals surface area contributed by atoms with Crippen LogP contribution in [-0.4, -0.2) is 44.4 Å². The minimum atomic E-state index is -3.82. The molecule has 3 rings (SSSR count). The van der Waals surface area contributed by atoms with Crippen LogP contribution >= 0.6 is 0 Å². The highest BCUT2D eigenvalue weighted by molar-refractivity contribution is 7.89. The molecule has 5 N–H and O–H groups in total. The molecule has 0 saturated carbocycles. The molecule has 27 heavy (non-hydrogen) atoms. The Bertz CT molecular complexity index is 918. The lowest BCUT2D eigenvalue weighted by molar-refractivity contribution is -0.120. The third-order valence-corrected chi connectivity index (χ3v) is 5.89. The van der Waals surface area contributed by atoms with Gasteiger partial charge in [-0.25, -0.2) is 13.6 Å². The van der Waals surface area contributed by atoms with Crippen molar-refractivity contribution in [2.75, 3.05) is 18.4 Å². The molecular formula is C19H24N4O3S. The van der Waals surface area contributed by atoms with Gasteiger partial charge in [0.1, 0.15) is 0 Å². The number of primary sulfonamides is 1. The van der Waals surface area contributed by atoms with Crippen LogP contribution < -0.4 is 16.2 Å². The number of rotatable bonds is 5. The number of sulfonamides is 1. The van der Waals surface area contributed by atoms with Crippen LogP contribution in [0.1, 0.15) is 18.4 Å². The second-order valence-electron chi connectivity index (χ2n) is 6.87. The number of amides is 1. The predicted molar refractivity (Wildman–Crippen MR) is 105 cm³/mol. The van der Waals surface area contributed by atoms with E-state index in [2.05, 4.69) is 17.4 Å². The fourth-order valence-electron chi connectivity index (χ4n) is 3.39. The fraction of sp³-hybridized carbons (Fsp3) is 0.316. The van der Waals surface area contributed by atoms with Crippen LogP contribution in [0.5, 0.6) is 0 Å². The Kier molecular flexibility index (Phi) is 5.61. The molecule has 1 aliphatic rings. The van der Waals surface area contributed by atoms with Crippen LogP contribution in [0.2, 0.25) is 0 Å². The van der Waals surface area contributed by atoms with Crippen molar-refractivity contribution in [3.05, 3.63) is 60.2 Å². The minimum Gasteiger partial charge on any atom is -0.326 e. The number of benzene rings is 2. The smallest absolute Gasteiger partial charge is 0.241 e. The largest absolute Gasteiger partial charge is 0.326 e. The zero-order valence-electron chi connectivity index (χ0n) is 15.1. The number of carbonyl (C=O) groups excluding carboxylic acids is 1. The lowest BCUT2D eigenvalue weighted by Crippen LogP contribution is -2.41. The lowest BCUT2D eigenvalue weighted by atomic mass is 9.95. The Balaban J connectivity index is 1.68. The Morgan fingerprint density at radius 1 is 1.15 bits per heavy atom. The quantitative estimate of drug-likeness (QED) is 0.708. The first-order valence-corrected chi connectivity index (χ1v) is 10.3. The van der Waals surface area contributed by atoms with E-state index in [1.807, 2.05) is 30.0 Å². The highest BCUT2D eigenvalue weighted by Crippen LogP contribution is 2.28. The number of hydrogen-bond acceptors (Lipinski definition) is 5. The maximum absolute atomic E-state index is 12.6. The average molecular weight is 388 g/mol. The molecule has 2 aromatic carbocycles. The van der Waals surface area contributed by atoms with Crippen LogP contribution in [0.4, 0.5) is 5.69 Å². The molecule has 1 saturated heterocycles. The van der Waals surface area contributed by atoms with E-state index in [9.17, 15) is 13.2 Å². The van der Waals surface area contributed by atoms with Gasteiger partial charge in [0.05, 0.1) is 10.9 Å². The summed E-state index contributed by atoms with van der Waals surface area (Å²) in [5.41, 5.74) is 7.86. The first-order valence-electron chi connectivity index (χ1n) is 8.74. The van der Waals surface area contributed by atoms with Crippen LogP contribution in [-0.2, 0) is 14.8 Å². The summed E-state index contributed by atoms with van der Waals surface area (Å²) < 4.78 is 22.9. The van der Waals surface area contributed by atoms with E-state index in [0.29, 0.717) is 18.8 Å². The van der Waals surface area contributed by atoms with Crippen molar-refractivity contribution in [2.24, 2.45) is 10.9 Å². The summed E-state index contributed by atoms with van der Waals surface area (Å²) in [5.74, 6) is -0.0466. The van der Waals surface area contributed by atoms with E-state index in [-0.39, 0.29) is 22.8 Å². The number of anilines is 1. The SMILES string of the molecule is CC(C(=O)Nc1cccc(S(N)(=O)=O)c1)N1C[C@@H](N)[C@H](c2ccccc2)C1. The third-order valence-electron chi connectivity index (χ3n) is 4.98. The first kappa shape index (κ1) is 19.5. The minimum absolute atomic E-state index is 0.0414. The van der Waals surface area contributed by atoms with Crippen molar-refractivity contribution >= 4 is 21.6 Å². The maximum atomic E-state index is 12.6. The first-order chi connectivity index (χ1) is 12.8. The van der Waals surface area contributed by atoms with Gasteiger partial charge in [0.15, 0.2) is 0 Å². The summed E-state index contributed by atoms with van der Waals surface area (Å²) >= 11 is 0. The summed E-state index contributed by atoms with van der Waals surface area (Å²) in [7, 11) is -3.82. The summed E-state index contributed by atoms with van der Waals surface area (Å²) in [6.45, 7) is 3.13. The molecule has 2 aromatic rings. The van der Waals surface area contributed by atoms with E-state index in [0.717, 1.165) is 0 Å². The Labute approximate surface area is 159 Å². The monoisotopic (exact) mass is 388 g/mol. The van der Waals surface area contributed by atoms with E-state index in [1.165, 1.54) is 23.8 Å². The van der Waals surface area contributed by atoms with Gasteiger partial charge in [-0.05, 0) is 30.7 Å². The van der Waals surface area contributed by atoms with Gasteiger partial charge >= 0.3 is 0 Å². The standard InChI is InChI=1S/C19H24N4O3S/c1-13(19(24)22-15-8-5-9-16(10-15)27(21,25)26)23-11-17(18(20)12-23)14-6-3-2-4-7-14/h2-10,13,17-18H,11-12,20H2,1H3,(H,22,24)(H2,21,25,26)/t13?,17-,18+/m0/s1. The van der Waals surface area contributed by atoms with Gasteiger partial charge in [-0.2, -0.15) is 0 Å². The summed E-state index contributed by atoms with van der Waals surface area (Å²) in [6.07, 6.45) is 0. The van der Waals surface area contributed by atoms with Crippen molar-refractivity contribution in [1.82, 2.24) is 4.90 Å². The van der Waals surface area contributed by atoms with Gasteiger partial charge in [0.2, 0.25) is 15.9 Å². The molecule has 0 spiro atoms. The van der Waals surface area contributed by atoms with Crippen molar-refractivity contribution in [3.8, 4) is 0 Å². The number of carbonyl (C=O) groups is 1. The zero-order valence-corrected chi connectivity index (χ0v) is 15.9. The van der Waals surface area contributed by atoms with Crippen LogP contribution in [0.3, 0.4) is 0 Å². The van der Waals surface area contributed by atoms with Crippen molar-refractivity contribution in [3.63, 3.8) is 0 Å². The van der Waals surface area contributed by atoms with Gasteiger partial charge in [0, 0.05) is 30.7 Å². The molecule has 144 valence electrons. The summed E-state index contributed by atoms with van der Waals surface area (Å²) in [6, 6.07) is 15.5. The highest BCUT2D eigenvalue weighted by Gasteiger charge is 2.35. The van der Waals surface area contributed by atoms with Crippen LogP contribution in [0.15, 0.2) is 59.5 Å². The van der Waals surface area contributed by atoms with Crippen molar-refractivity contribution in [1.29, 1.82) is 0 Å². The van der Waals surface area contributed by atoms with Gasteiger partial charge in [-0.3, -0.25) is 9.69 Å². The second kappa shape index (κ2) is 7.77. The van der Waals surface area contributed by atoms with Gasteiger partial charge in [-0.1, -0.05) is 36.4 Å². The number of nitrogens with zero attached hydrogens (tertiary/aromatic N) is 1. The molecule has 1 aliphatic heterocycles. The summed E-state index contributed by atoms with van der Waals surface area (Å²) in [4.78, 5) is 14.6. The molecule has 1 fully saturated rings. The number of hydrogen-bond donors (Lipinski definition) is 3.